The molecule has 26 heavy (non-hydrogen) atoms. The van der Waals surface area contributed by atoms with E-state index in [1.807, 2.05) is 60.5 Å². The van der Waals surface area contributed by atoms with E-state index in [1.165, 1.54) is 0 Å². The molecular weight excluding hydrogens is 324 g/mol. The lowest BCUT2D eigenvalue weighted by molar-refractivity contribution is 0.0789. The first-order valence-corrected chi connectivity index (χ1v) is 9.01. The number of carbonyl (C=O) groups is 1. The lowest BCUT2D eigenvalue weighted by Crippen LogP contribution is -2.29. The van der Waals surface area contributed by atoms with Crippen molar-refractivity contribution in [2.45, 2.75) is 19.4 Å². The molecule has 1 aliphatic heterocycles. The van der Waals surface area contributed by atoms with E-state index in [9.17, 15) is 4.79 Å². The topological polar surface area (TPSA) is 53.9 Å². The van der Waals surface area contributed by atoms with Gasteiger partial charge in [-0.2, -0.15) is 0 Å². The number of imidazole rings is 1. The van der Waals surface area contributed by atoms with E-state index in [2.05, 4.69) is 20.6 Å². The molecule has 3 heterocycles. The summed E-state index contributed by atoms with van der Waals surface area (Å²) >= 11 is 0. The van der Waals surface area contributed by atoms with Crippen LogP contribution in [0.3, 0.4) is 0 Å². The molecule has 5 rings (SSSR count). The van der Waals surface area contributed by atoms with Crippen molar-refractivity contribution in [3.05, 3.63) is 66.1 Å². The molecular formula is C21H20N4O. The van der Waals surface area contributed by atoms with Crippen LogP contribution in [0.2, 0.25) is 0 Å². The molecule has 2 aromatic carbocycles. The van der Waals surface area contributed by atoms with Crippen molar-refractivity contribution in [1.82, 2.24) is 19.4 Å². The maximum Gasteiger partial charge on any atom is 0.256 e. The second-order valence-corrected chi connectivity index (χ2v) is 6.96. The summed E-state index contributed by atoms with van der Waals surface area (Å²) in [5.41, 5.74) is 3.93. The number of benzene rings is 2. The Bertz CT molecular complexity index is 1120. The third-order valence-corrected chi connectivity index (χ3v) is 5.41. The number of fused-ring (bicyclic) bond motifs is 2. The second kappa shape index (κ2) is 5.73. The predicted octanol–water partition coefficient (Wildman–Crippen LogP) is 3.91. The predicted molar refractivity (Wildman–Crippen MR) is 102 cm³/mol. The summed E-state index contributed by atoms with van der Waals surface area (Å²) in [7, 11) is 0. The van der Waals surface area contributed by atoms with E-state index < -0.39 is 0 Å². The second-order valence-electron chi connectivity index (χ2n) is 6.96. The summed E-state index contributed by atoms with van der Waals surface area (Å²) in [5, 5.41) is 0.991. The highest BCUT2D eigenvalue weighted by Crippen LogP contribution is 2.29. The zero-order valence-corrected chi connectivity index (χ0v) is 14.6. The van der Waals surface area contributed by atoms with Gasteiger partial charge in [0.05, 0.1) is 22.6 Å². The van der Waals surface area contributed by atoms with Crippen LogP contribution in [0, 0.1) is 6.92 Å². The standard InChI is InChI=1S/C21H20N4O/c1-14-23-19-8-4-5-9-20(19)25(14)15-10-11-24(13-15)21(26)17-12-22-18-7-3-2-6-16(17)18/h2-9,12,15,22H,10-11,13H2,1H3. The number of hydrogen-bond donors (Lipinski definition) is 1. The van der Waals surface area contributed by atoms with Gasteiger partial charge in [0.1, 0.15) is 5.82 Å². The molecule has 1 N–H and O–H groups in total. The normalized spacial score (nSPS) is 17.4. The van der Waals surface area contributed by atoms with Crippen LogP contribution in [0.1, 0.15) is 28.6 Å². The minimum absolute atomic E-state index is 0.104. The summed E-state index contributed by atoms with van der Waals surface area (Å²) < 4.78 is 2.29. The highest BCUT2D eigenvalue weighted by Gasteiger charge is 2.30. The zero-order valence-electron chi connectivity index (χ0n) is 14.6. The molecule has 0 spiro atoms. The van der Waals surface area contributed by atoms with Gasteiger partial charge in [-0.05, 0) is 31.5 Å². The van der Waals surface area contributed by atoms with Crippen LogP contribution >= 0.6 is 0 Å². The number of rotatable bonds is 2. The molecule has 0 radical (unpaired) electrons. The molecule has 4 aromatic rings. The summed E-state index contributed by atoms with van der Waals surface area (Å²) in [6.07, 6.45) is 2.79. The van der Waals surface area contributed by atoms with Crippen LogP contribution in [0.15, 0.2) is 54.7 Å². The number of hydrogen-bond acceptors (Lipinski definition) is 2. The molecule has 1 saturated heterocycles. The fourth-order valence-electron chi connectivity index (χ4n) is 4.18. The van der Waals surface area contributed by atoms with Crippen molar-refractivity contribution < 1.29 is 4.79 Å². The highest BCUT2D eigenvalue weighted by atomic mass is 16.2. The Balaban J connectivity index is 1.45. The van der Waals surface area contributed by atoms with Crippen LogP contribution in [0.25, 0.3) is 21.9 Å². The number of aryl methyl sites for hydroxylation is 1. The summed E-state index contributed by atoms with van der Waals surface area (Å²) in [6, 6.07) is 16.4. The van der Waals surface area contributed by atoms with Gasteiger partial charge in [0, 0.05) is 30.2 Å². The lowest BCUT2D eigenvalue weighted by atomic mass is 10.1. The molecule has 1 unspecified atom stereocenters. The quantitative estimate of drug-likeness (QED) is 0.599. The summed E-state index contributed by atoms with van der Waals surface area (Å²) in [5.74, 6) is 1.12. The smallest absolute Gasteiger partial charge is 0.256 e. The van der Waals surface area contributed by atoms with Crippen molar-refractivity contribution in [1.29, 1.82) is 0 Å². The van der Waals surface area contributed by atoms with Crippen LogP contribution < -0.4 is 0 Å². The first-order chi connectivity index (χ1) is 12.7. The van der Waals surface area contributed by atoms with Gasteiger partial charge in [-0.25, -0.2) is 4.98 Å². The Labute approximate surface area is 151 Å². The Morgan fingerprint density at radius 2 is 1.96 bits per heavy atom. The maximum atomic E-state index is 13.1. The SMILES string of the molecule is Cc1nc2ccccc2n1C1CCN(C(=O)c2c[nH]c3ccccc23)C1. The lowest BCUT2D eigenvalue weighted by Gasteiger charge is -2.18. The minimum Gasteiger partial charge on any atom is -0.360 e. The Morgan fingerprint density at radius 1 is 1.15 bits per heavy atom. The molecule has 1 fully saturated rings. The molecule has 2 aromatic heterocycles. The number of likely N-dealkylation sites (tertiary alicyclic amines) is 1. The number of nitrogens with one attached hydrogen (secondary N) is 1. The number of para-hydroxylation sites is 3. The van der Waals surface area contributed by atoms with Gasteiger partial charge < -0.3 is 14.5 Å². The largest absolute Gasteiger partial charge is 0.360 e. The maximum absolute atomic E-state index is 13.1. The van der Waals surface area contributed by atoms with Crippen LogP contribution in [0.5, 0.6) is 0 Å². The average molecular weight is 344 g/mol. The van der Waals surface area contributed by atoms with Crippen molar-refractivity contribution in [3.63, 3.8) is 0 Å². The molecule has 1 aliphatic rings. The van der Waals surface area contributed by atoms with E-state index in [4.69, 9.17) is 0 Å². The fourth-order valence-corrected chi connectivity index (χ4v) is 4.18. The van der Waals surface area contributed by atoms with Crippen molar-refractivity contribution in [2.75, 3.05) is 13.1 Å². The number of carbonyl (C=O) groups excluding carboxylic acids is 1. The van der Waals surface area contributed by atoms with Gasteiger partial charge >= 0.3 is 0 Å². The third-order valence-electron chi connectivity index (χ3n) is 5.41. The molecule has 0 aliphatic carbocycles. The van der Waals surface area contributed by atoms with E-state index in [1.54, 1.807) is 0 Å². The van der Waals surface area contributed by atoms with Gasteiger partial charge in [-0.15, -0.1) is 0 Å². The summed E-state index contributed by atoms with van der Waals surface area (Å²) in [6.45, 7) is 3.54. The molecule has 0 saturated carbocycles. The summed E-state index contributed by atoms with van der Waals surface area (Å²) in [4.78, 5) is 22.9. The van der Waals surface area contributed by atoms with Crippen molar-refractivity contribution >= 4 is 27.8 Å². The molecule has 1 amide bonds. The van der Waals surface area contributed by atoms with Crippen LogP contribution in [-0.2, 0) is 0 Å². The first kappa shape index (κ1) is 15.2. The molecule has 5 nitrogen and oxygen atoms in total. The number of H-pyrrole nitrogens is 1. The van der Waals surface area contributed by atoms with Crippen molar-refractivity contribution in [2.24, 2.45) is 0 Å². The van der Waals surface area contributed by atoms with E-state index in [0.717, 1.165) is 52.8 Å². The van der Waals surface area contributed by atoms with Crippen LogP contribution in [-0.4, -0.2) is 38.4 Å². The molecule has 5 heteroatoms. The minimum atomic E-state index is 0.104. The van der Waals surface area contributed by atoms with Gasteiger partial charge in [-0.3, -0.25) is 4.79 Å². The van der Waals surface area contributed by atoms with Gasteiger partial charge in [0.25, 0.3) is 5.91 Å². The van der Waals surface area contributed by atoms with E-state index in [0.29, 0.717) is 0 Å². The molecule has 130 valence electrons. The van der Waals surface area contributed by atoms with Gasteiger partial charge in [0.2, 0.25) is 0 Å². The Morgan fingerprint density at radius 3 is 2.88 bits per heavy atom. The monoisotopic (exact) mass is 344 g/mol. The third kappa shape index (κ3) is 2.24. The van der Waals surface area contributed by atoms with Gasteiger partial charge in [0.15, 0.2) is 0 Å². The zero-order chi connectivity index (χ0) is 17.7. The molecule has 0 bridgehead atoms. The number of nitrogens with zero attached hydrogens (tertiary/aromatic N) is 3. The highest BCUT2D eigenvalue weighted by molar-refractivity contribution is 6.06. The number of amides is 1. The van der Waals surface area contributed by atoms with Gasteiger partial charge in [-0.1, -0.05) is 30.3 Å². The van der Waals surface area contributed by atoms with Crippen LogP contribution in [0.4, 0.5) is 0 Å². The average Bonchev–Trinajstić information content (AvgIpc) is 3.36. The number of aromatic nitrogens is 3. The fraction of sp³-hybridized carbons (Fsp3) is 0.238. The first-order valence-electron chi connectivity index (χ1n) is 9.01. The molecule has 1 atom stereocenters. The van der Waals surface area contributed by atoms with E-state index >= 15 is 0 Å². The van der Waals surface area contributed by atoms with E-state index in [-0.39, 0.29) is 11.9 Å². The Kier molecular flexibility index (Phi) is 3.35. The number of aromatic amines is 1. The van der Waals surface area contributed by atoms with Crippen molar-refractivity contribution in [3.8, 4) is 0 Å². The Hall–Kier alpha value is -3.08.